The summed E-state index contributed by atoms with van der Waals surface area (Å²) >= 11 is 0. The molecule has 1 aliphatic heterocycles. The molecule has 2 amide bonds. The fourth-order valence-corrected chi connectivity index (χ4v) is 2.54. The van der Waals surface area contributed by atoms with Gasteiger partial charge in [-0.25, -0.2) is 0 Å². The van der Waals surface area contributed by atoms with Gasteiger partial charge in [-0.3, -0.25) is 9.59 Å². The molecule has 1 saturated heterocycles. The van der Waals surface area contributed by atoms with Crippen molar-refractivity contribution in [1.29, 1.82) is 0 Å². The first-order valence-electron chi connectivity index (χ1n) is 6.71. The zero-order chi connectivity index (χ0) is 12.4. The number of amides is 2. The van der Waals surface area contributed by atoms with Gasteiger partial charge >= 0.3 is 0 Å². The van der Waals surface area contributed by atoms with Gasteiger partial charge in [0.1, 0.15) is 6.04 Å². The second kappa shape index (κ2) is 5.07. The fraction of sp³-hybridized carbons (Fsp3) is 0.846. The second-order valence-corrected chi connectivity index (χ2v) is 5.34. The molecule has 17 heavy (non-hydrogen) atoms. The maximum Gasteiger partial charge on any atom is 0.245 e. The molecule has 96 valence electrons. The van der Waals surface area contributed by atoms with Crippen LogP contribution in [0.3, 0.4) is 0 Å². The first-order chi connectivity index (χ1) is 8.11. The van der Waals surface area contributed by atoms with Gasteiger partial charge in [-0.2, -0.15) is 0 Å². The molecule has 2 aliphatic rings. The van der Waals surface area contributed by atoms with E-state index in [-0.39, 0.29) is 23.9 Å². The molecule has 1 aliphatic carbocycles. The summed E-state index contributed by atoms with van der Waals surface area (Å²) in [6, 6.07) is -0.0385. The van der Waals surface area contributed by atoms with Crippen molar-refractivity contribution >= 4 is 11.8 Å². The molecule has 2 atom stereocenters. The first kappa shape index (κ1) is 12.4. The lowest BCUT2D eigenvalue weighted by molar-refractivity contribution is -0.135. The van der Waals surface area contributed by atoms with E-state index in [9.17, 15) is 9.59 Å². The van der Waals surface area contributed by atoms with Crippen LogP contribution in [-0.4, -0.2) is 35.3 Å². The maximum atomic E-state index is 12.3. The molecular formula is C13H22N2O2. The van der Waals surface area contributed by atoms with Crippen LogP contribution < -0.4 is 5.32 Å². The SMILES string of the molecule is CCC1NC(=O)CCN(C(C)CC2CC2)C1=O. The highest BCUT2D eigenvalue weighted by atomic mass is 16.2. The average molecular weight is 238 g/mol. The van der Waals surface area contributed by atoms with E-state index in [2.05, 4.69) is 12.2 Å². The minimum atomic E-state index is -0.313. The smallest absolute Gasteiger partial charge is 0.245 e. The molecule has 2 unspecified atom stereocenters. The molecule has 1 heterocycles. The Labute approximate surface area is 103 Å². The zero-order valence-corrected chi connectivity index (χ0v) is 10.7. The highest BCUT2D eigenvalue weighted by Gasteiger charge is 2.33. The molecule has 0 aromatic heterocycles. The monoisotopic (exact) mass is 238 g/mol. The van der Waals surface area contributed by atoms with Crippen LogP contribution in [0.4, 0.5) is 0 Å². The molecule has 0 aromatic rings. The van der Waals surface area contributed by atoms with Crippen molar-refractivity contribution in [2.24, 2.45) is 5.92 Å². The van der Waals surface area contributed by atoms with Crippen molar-refractivity contribution in [3.8, 4) is 0 Å². The minimum absolute atomic E-state index is 0.00585. The predicted molar refractivity (Wildman–Crippen MR) is 65.4 cm³/mol. The van der Waals surface area contributed by atoms with E-state index in [0.717, 1.165) is 12.3 Å². The average Bonchev–Trinajstić information content (AvgIpc) is 3.09. The van der Waals surface area contributed by atoms with Crippen LogP contribution in [0.2, 0.25) is 0 Å². The normalized spacial score (nSPS) is 27.6. The Morgan fingerprint density at radius 1 is 1.41 bits per heavy atom. The quantitative estimate of drug-likeness (QED) is 0.802. The molecular weight excluding hydrogens is 216 g/mol. The van der Waals surface area contributed by atoms with Gasteiger partial charge in [0.2, 0.25) is 11.8 Å². The van der Waals surface area contributed by atoms with Gasteiger partial charge < -0.3 is 10.2 Å². The number of carbonyl (C=O) groups is 2. The van der Waals surface area contributed by atoms with Crippen molar-refractivity contribution in [3.05, 3.63) is 0 Å². The summed E-state index contributed by atoms with van der Waals surface area (Å²) in [6.07, 6.45) is 4.83. The third-order valence-corrected chi connectivity index (χ3v) is 3.81. The van der Waals surface area contributed by atoms with Crippen LogP contribution in [-0.2, 0) is 9.59 Å². The van der Waals surface area contributed by atoms with Crippen LogP contribution in [0.15, 0.2) is 0 Å². The highest BCUT2D eigenvalue weighted by Crippen LogP contribution is 2.34. The standard InChI is InChI=1S/C13H22N2O2/c1-3-11-13(17)15(7-6-12(16)14-11)9(2)8-10-4-5-10/h9-11H,3-8H2,1-2H3,(H,14,16). The van der Waals surface area contributed by atoms with Crippen LogP contribution in [0.1, 0.15) is 46.0 Å². The fourth-order valence-electron chi connectivity index (χ4n) is 2.54. The second-order valence-electron chi connectivity index (χ2n) is 5.34. The number of nitrogens with zero attached hydrogens (tertiary/aromatic N) is 1. The van der Waals surface area contributed by atoms with E-state index in [1.165, 1.54) is 12.8 Å². The summed E-state index contributed by atoms with van der Waals surface area (Å²) < 4.78 is 0. The summed E-state index contributed by atoms with van der Waals surface area (Å²) in [7, 11) is 0. The maximum absolute atomic E-state index is 12.3. The molecule has 2 rings (SSSR count). The molecule has 4 nitrogen and oxygen atoms in total. The van der Waals surface area contributed by atoms with E-state index >= 15 is 0 Å². The van der Waals surface area contributed by atoms with Crippen molar-refractivity contribution in [2.75, 3.05) is 6.54 Å². The third-order valence-electron chi connectivity index (χ3n) is 3.81. The summed E-state index contributed by atoms with van der Waals surface area (Å²) in [5, 5.41) is 2.80. The number of hydrogen-bond donors (Lipinski definition) is 1. The number of carbonyl (C=O) groups excluding carboxylic acids is 2. The van der Waals surface area contributed by atoms with Gasteiger partial charge in [-0.1, -0.05) is 19.8 Å². The predicted octanol–water partition coefficient (Wildman–Crippen LogP) is 1.30. The van der Waals surface area contributed by atoms with Crippen LogP contribution in [0.25, 0.3) is 0 Å². The van der Waals surface area contributed by atoms with Gasteiger partial charge in [-0.15, -0.1) is 0 Å². The number of rotatable bonds is 4. The Bertz CT molecular complexity index is 313. The van der Waals surface area contributed by atoms with E-state index in [1.807, 2.05) is 11.8 Å². The molecule has 1 N–H and O–H groups in total. The highest BCUT2D eigenvalue weighted by molar-refractivity contribution is 5.90. The Hall–Kier alpha value is -1.06. The van der Waals surface area contributed by atoms with Crippen molar-refractivity contribution in [3.63, 3.8) is 0 Å². The van der Waals surface area contributed by atoms with E-state index in [0.29, 0.717) is 19.4 Å². The van der Waals surface area contributed by atoms with E-state index in [4.69, 9.17) is 0 Å². The molecule has 2 fully saturated rings. The third kappa shape index (κ3) is 2.99. The number of hydrogen-bond acceptors (Lipinski definition) is 2. The Balaban J connectivity index is 2.02. The lowest BCUT2D eigenvalue weighted by Crippen LogP contribution is -2.47. The summed E-state index contributed by atoms with van der Waals surface area (Å²) in [4.78, 5) is 25.7. The van der Waals surface area contributed by atoms with Gasteiger partial charge in [-0.05, 0) is 25.7 Å². The van der Waals surface area contributed by atoms with Crippen LogP contribution in [0.5, 0.6) is 0 Å². The Kier molecular flexibility index (Phi) is 3.69. The zero-order valence-electron chi connectivity index (χ0n) is 10.7. The lowest BCUT2D eigenvalue weighted by Gasteiger charge is -2.29. The van der Waals surface area contributed by atoms with E-state index in [1.54, 1.807) is 0 Å². The van der Waals surface area contributed by atoms with Crippen LogP contribution >= 0.6 is 0 Å². The molecule has 0 bridgehead atoms. The van der Waals surface area contributed by atoms with E-state index < -0.39 is 0 Å². The first-order valence-corrected chi connectivity index (χ1v) is 6.71. The molecule has 1 saturated carbocycles. The molecule has 4 heteroatoms. The van der Waals surface area contributed by atoms with Gasteiger partial charge in [0.05, 0.1) is 0 Å². The Morgan fingerprint density at radius 2 is 2.12 bits per heavy atom. The minimum Gasteiger partial charge on any atom is -0.344 e. The largest absolute Gasteiger partial charge is 0.344 e. The summed E-state index contributed by atoms with van der Waals surface area (Å²) in [5.74, 6) is 0.919. The summed E-state index contributed by atoms with van der Waals surface area (Å²) in [6.45, 7) is 4.63. The van der Waals surface area contributed by atoms with Crippen LogP contribution in [0, 0.1) is 5.92 Å². The van der Waals surface area contributed by atoms with Crippen molar-refractivity contribution in [1.82, 2.24) is 10.2 Å². The lowest BCUT2D eigenvalue weighted by atomic mass is 10.1. The molecule has 0 radical (unpaired) electrons. The van der Waals surface area contributed by atoms with Crippen molar-refractivity contribution < 1.29 is 9.59 Å². The van der Waals surface area contributed by atoms with Gasteiger partial charge in [0.15, 0.2) is 0 Å². The summed E-state index contributed by atoms with van der Waals surface area (Å²) in [5.41, 5.74) is 0. The van der Waals surface area contributed by atoms with Gasteiger partial charge in [0.25, 0.3) is 0 Å². The topological polar surface area (TPSA) is 49.4 Å². The Morgan fingerprint density at radius 3 is 2.71 bits per heavy atom. The molecule has 0 spiro atoms. The van der Waals surface area contributed by atoms with Gasteiger partial charge in [0, 0.05) is 19.0 Å². The van der Waals surface area contributed by atoms with Crippen molar-refractivity contribution in [2.45, 2.75) is 58.0 Å². The molecule has 0 aromatic carbocycles. The number of nitrogens with one attached hydrogen (secondary N) is 1.